The van der Waals surface area contributed by atoms with Crippen LogP contribution >= 0.6 is 11.6 Å². The van der Waals surface area contributed by atoms with Gasteiger partial charge < -0.3 is 4.74 Å². The van der Waals surface area contributed by atoms with Gasteiger partial charge in [-0.05, 0) is 31.7 Å². The van der Waals surface area contributed by atoms with Crippen LogP contribution < -0.4 is 4.74 Å². The highest BCUT2D eigenvalue weighted by atomic mass is 35.5. The van der Waals surface area contributed by atoms with Gasteiger partial charge in [-0.15, -0.1) is 11.6 Å². The van der Waals surface area contributed by atoms with Crippen LogP contribution in [0.3, 0.4) is 0 Å². The molecule has 0 fully saturated rings. The van der Waals surface area contributed by atoms with Crippen LogP contribution in [0.15, 0.2) is 18.2 Å². The fourth-order valence-corrected chi connectivity index (χ4v) is 2.48. The lowest BCUT2D eigenvalue weighted by Gasteiger charge is -2.23. The molecule has 96 valence electrons. The zero-order valence-corrected chi connectivity index (χ0v) is 12.3. The third-order valence-electron chi connectivity index (χ3n) is 2.59. The maximum Gasteiger partial charge on any atom is 0.123 e. The standard InChI is InChI=1S/C15H23ClO/c1-6-17-14-8-7-11(2)9-12(14)13(16)10-15(3,4)5/h7-9,13H,6,10H2,1-5H3. The van der Waals surface area contributed by atoms with Crippen LogP contribution in [0.25, 0.3) is 0 Å². The predicted octanol–water partition coefficient (Wildman–Crippen LogP) is 5.11. The zero-order chi connectivity index (χ0) is 13.1. The van der Waals surface area contributed by atoms with Crippen molar-refractivity contribution >= 4 is 11.6 Å². The first-order chi connectivity index (χ1) is 7.83. The van der Waals surface area contributed by atoms with Gasteiger partial charge in [0.1, 0.15) is 5.75 Å². The molecule has 1 atom stereocenters. The normalized spacial score (nSPS) is 13.5. The van der Waals surface area contributed by atoms with E-state index in [2.05, 4.69) is 39.8 Å². The maximum absolute atomic E-state index is 6.52. The van der Waals surface area contributed by atoms with E-state index in [1.807, 2.05) is 13.0 Å². The maximum atomic E-state index is 6.52. The number of alkyl halides is 1. The molecular formula is C15H23ClO. The molecule has 1 aromatic carbocycles. The van der Waals surface area contributed by atoms with E-state index in [9.17, 15) is 0 Å². The van der Waals surface area contributed by atoms with Crippen molar-refractivity contribution in [3.63, 3.8) is 0 Å². The first kappa shape index (κ1) is 14.4. The Labute approximate surface area is 110 Å². The highest BCUT2D eigenvalue weighted by Crippen LogP contribution is 2.38. The molecule has 0 heterocycles. The van der Waals surface area contributed by atoms with Crippen LogP contribution in [0.2, 0.25) is 0 Å². The first-order valence-electron chi connectivity index (χ1n) is 6.21. The van der Waals surface area contributed by atoms with E-state index in [1.54, 1.807) is 0 Å². The summed E-state index contributed by atoms with van der Waals surface area (Å²) in [5.74, 6) is 0.919. The number of hydrogen-bond acceptors (Lipinski definition) is 1. The average Bonchev–Trinajstić information content (AvgIpc) is 2.18. The smallest absolute Gasteiger partial charge is 0.123 e. The van der Waals surface area contributed by atoms with Gasteiger partial charge in [0.25, 0.3) is 0 Å². The lowest BCUT2D eigenvalue weighted by molar-refractivity contribution is 0.329. The van der Waals surface area contributed by atoms with Crippen molar-refractivity contribution in [1.29, 1.82) is 0 Å². The number of aryl methyl sites for hydroxylation is 1. The third kappa shape index (κ3) is 4.59. The Morgan fingerprint density at radius 1 is 1.29 bits per heavy atom. The minimum absolute atomic E-state index is 0.0106. The molecule has 0 bridgehead atoms. The lowest BCUT2D eigenvalue weighted by Crippen LogP contribution is -2.10. The molecule has 0 saturated heterocycles. The summed E-state index contributed by atoms with van der Waals surface area (Å²) in [5.41, 5.74) is 2.56. The molecule has 17 heavy (non-hydrogen) atoms. The quantitative estimate of drug-likeness (QED) is 0.679. The van der Waals surface area contributed by atoms with Gasteiger partial charge >= 0.3 is 0 Å². The summed E-state index contributed by atoms with van der Waals surface area (Å²) in [5, 5.41) is 0.0106. The van der Waals surface area contributed by atoms with Crippen LogP contribution in [0.1, 0.15) is 50.6 Å². The fraction of sp³-hybridized carbons (Fsp3) is 0.600. The number of benzene rings is 1. The Balaban J connectivity index is 2.97. The van der Waals surface area contributed by atoms with Crippen LogP contribution in [-0.4, -0.2) is 6.61 Å². The number of hydrogen-bond donors (Lipinski definition) is 0. The fourth-order valence-electron chi connectivity index (χ4n) is 1.85. The molecule has 0 radical (unpaired) electrons. The molecule has 0 aliphatic carbocycles. The van der Waals surface area contributed by atoms with Gasteiger partial charge in [0.2, 0.25) is 0 Å². The van der Waals surface area contributed by atoms with Crippen LogP contribution in [0.4, 0.5) is 0 Å². The second kappa shape index (κ2) is 5.77. The van der Waals surface area contributed by atoms with Crippen molar-refractivity contribution < 1.29 is 4.74 Å². The van der Waals surface area contributed by atoms with Crippen molar-refractivity contribution in [2.24, 2.45) is 5.41 Å². The Hall–Kier alpha value is -0.690. The van der Waals surface area contributed by atoms with E-state index in [0.29, 0.717) is 6.61 Å². The van der Waals surface area contributed by atoms with Gasteiger partial charge in [-0.25, -0.2) is 0 Å². The Kier molecular flexibility index (Phi) is 4.88. The summed E-state index contributed by atoms with van der Waals surface area (Å²) in [6, 6.07) is 6.22. The largest absolute Gasteiger partial charge is 0.494 e. The molecule has 1 rings (SSSR count). The van der Waals surface area contributed by atoms with E-state index in [-0.39, 0.29) is 10.8 Å². The highest BCUT2D eigenvalue weighted by Gasteiger charge is 2.21. The van der Waals surface area contributed by atoms with Gasteiger partial charge in [-0.2, -0.15) is 0 Å². The molecule has 1 aromatic rings. The SMILES string of the molecule is CCOc1ccc(C)cc1C(Cl)CC(C)(C)C. The summed E-state index contributed by atoms with van der Waals surface area (Å²) < 4.78 is 5.64. The van der Waals surface area contributed by atoms with Crippen LogP contribution in [0.5, 0.6) is 5.75 Å². The zero-order valence-electron chi connectivity index (χ0n) is 11.5. The second-order valence-corrected chi connectivity index (χ2v) is 6.23. The van der Waals surface area contributed by atoms with Gasteiger partial charge in [0.15, 0.2) is 0 Å². The number of rotatable bonds is 4. The van der Waals surface area contributed by atoms with Gasteiger partial charge in [0, 0.05) is 5.56 Å². The monoisotopic (exact) mass is 254 g/mol. The van der Waals surface area contributed by atoms with Gasteiger partial charge in [0.05, 0.1) is 12.0 Å². The van der Waals surface area contributed by atoms with Crippen LogP contribution in [-0.2, 0) is 0 Å². The molecule has 1 nitrogen and oxygen atoms in total. The summed E-state index contributed by atoms with van der Waals surface area (Å²) in [6.07, 6.45) is 0.943. The minimum Gasteiger partial charge on any atom is -0.494 e. The van der Waals surface area contributed by atoms with E-state index in [4.69, 9.17) is 16.3 Å². The topological polar surface area (TPSA) is 9.23 Å². The highest BCUT2D eigenvalue weighted by molar-refractivity contribution is 6.21. The van der Waals surface area contributed by atoms with Crippen molar-refractivity contribution in [2.45, 2.75) is 46.4 Å². The molecule has 1 unspecified atom stereocenters. The second-order valence-electron chi connectivity index (χ2n) is 5.71. The van der Waals surface area contributed by atoms with Gasteiger partial charge in [-0.1, -0.05) is 38.5 Å². The number of halogens is 1. The summed E-state index contributed by atoms with van der Waals surface area (Å²) in [7, 11) is 0. The van der Waals surface area contributed by atoms with Crippen molar-refractivity contribution in [3.05, 3.63) is 29.3 Å². The molecule has 0 aliphatic heterocycles. The molecule has 0 aromatic heterocycles. The van der Waals surface area contributed by atoms with Crippen molar-refractivity contribution in [1.82, 2.24) is 0 Å². The van der Waals surface area contributed by atoms with E-state index in [0.717, 1.165) is 17.7 Å². The van der Waals surface area contributed by atoms with Crippen LogP contribution in [0, 0.1) is 12.3 Å². The summed E-state index contributed by atoms with van der Waals surface area (Å²) in [4.78, 5) is 0. The molecule has 0 aliphatic rings. The molecule has 0 amide bonds. The van der Waals surface area contributed by atoms with Crippen molar-refractivity contribution in [3.8, 4) is 5.75 Å². The predicted molar refractivity (Wildman–Crippen MR) is 75.0 cm³/mol. The molecule has 0 saturated carbocycles. The number of ether oxygens (including phenoxy) is 1. The molecule has 0 N–H and O–H groups in total. The molecular weight excluding hydrogens is 232 g/mol. The third-order valence-corrected chi connectivity index (χ3v) is 2.98. The molecule has 0 spiro atoms. The Morgan fingerprint density at radius 3 is 2.47 bits per heavy atom. The van der Waals surface area contributed by atoms with Crippen molar-refractivity contribution in [2.75, 3.05) is 6.61 Å². The lowest BCUT2D eigenvalue weighted by atomic mass is 9.88. The van der Waals surface area contributed by atoms with E-state index >= 15 is 0 Å². The molecule has 2 heteroatoms. The summed E-state index contributed by atoms with van der Waals surface area (Å²) >= 11 is 6.52. The average molecular weight is 255 g/mol. The Morgan fingerprint density at radius 2 is 1.94 bits per heavy atom. The first-order valence-corrected chi connectivity index (χ1v) is 6.64. The summed E-state index contributed by atoms with van der Waals surface area (Å²) in [6.45, 7) is 11.4. The minimum atomic E-state index is 0.0106. The Bertz CT molecular complexity index is 366. The van der Waals surface area contributed by atoms with E-state index in [1.165, 1.54) is 5.56 Å². The van der Waals surface area contributed by atoms with Gasteiger partial charge in [-0.3, -0.25) is 0 Å². The van der Waals surface area contributed by atoms with E-state index < -0.39 is 0 Å².